The number of likely N-dealkylation sites (tertiary alicyclic amines) is 1. The molecule has 3 aromatic rings. The van der Waals surface area contributed by atoms with Crippen LogP contribution in [0.2, 0.25) is 0 Å². The minimum absolute atomic E-state index is 0.470. The van der Waals surface area contributed by atoms with Crippen molar-refractivity contribution in [2.45, 2.75) is 31.6 Å². The summed E-state index contributed by atoms with van der Waals surface area (Å²) in [5.74, 6) is 1.86. The Kier molecular flexibility index (Phi) is 6.25. The Morgan fingerprint density at radius 3 is 2.71 bits per heavy atom. The number of anilines is 2. The van der Waals surface area contributed by atoms with Crippen molar-refractivity contribution in [3.05, 3.63) is 78.2 Å². The van der Waals surface area contributed by atoms with Gasteiger partial charge in [-0.1, -0.05) is 36.4 Å². The topological polar surface area (TPSA) is 53.9 Å². The number of benzene rings is 1. The third-order valence-corrected chi connectivity index (χ3v) is 5.29. The first kappa shape index (κ1) is 18.6. The molecule has 3 heterocycles. The molecule has 0 amide bonds. The standard InChI is InChI=1S/C23H27N5/c1-2-8-19(9-3-1)10-6-16-28-17-7-11-20(18-28)21-13-15-25-23(26-21)27-22-12-4-5-14-24-22/h1-5,8-9,12-15,20H,6-7,10-11,16-18H2,(H,24,25,26,27)/t20-/m1/s1. The fourth-order valence-corrected chi connectivity index (χ4v) is 3.86. The molecule has 0 bridgehead atoms. The van der Waals surface area contributed by atoms with Gasteiger partial charge >= 0.3 is 0 Å². The number of aromatic nitrogens is 3. The van der Waals surface area contributed by atoms with Crippen molar-refractivity contribution >= 4 is 11.8 Å². The van der Waals surface area contributed by atoms with Crippen LogP contribution in [-0.2, 0) is 6.42 Å². The molecule has 4 rings (SSSR count). The van der Waals surface area contributed by atoms with E-state index in [1.807, 2.05) is 24.4 Å². The van der Waals surface area contributed by atoms with E-state index in [0.717, 1.165) is 31.0 Å². The summed E-state index contributed by atoms with van der Waals surface area (Å²) in [6, 6.07) is 18.6. The average molecular weight is 374 g/mol. The summed E-state index contributed by atoms with van der Waals surface area (Å²) in [7, 11) is 0. The number of rotatable bonds is 7. The van der Waals surface area contributed by atoms with Gasteiger partial charge in [-0.05, 0) is 62.5 Å². The molecule has 0 spiro atoms. The first-order valence-corrected chi connectivity index (χ1v) is 10.1. The van der Waals surface area contributed by atoms with E-state index in [9.17, 15) is 0 Å². The Balaban J connectivity index is 1.33. The summed E-state index contributed by atoms with van der Waals surface area (Å²) in [5, 5.41) is 3.20. The molecule has 0 radical (unpaired) electrons. The minimum Gasteiger partial charge on any atom is -0.309 e. The van der Waals surface area contributed by atoms with Gasteiger partial charge in [0.05, 0.1) is 5.69 Å². The first-order chi connectivity index (χ1) is 13.9. The van der Waals surface area contributed by atoms with Crippen LogP contribution in [0.25, 0.3) is 0 Å². The van der Waals surface area contributed by atoms with Gasteiger partial charge < -0.3 is 10.2 Å². The van der Waals surface area contributed by atoms with Crippen molar-refractivity contribution in [3.63, 3.8) is 0 Å². The monoisotopic (exact) mass is 373 g/mol. The fourth-order valence-electron chi connectivity index (χ4n) is 3.86. The average Bonchev–Trinajstić information content (AvgIpc) is 2.76. The molecule has 1 atom stereocenters. The van der Waals surface area contributed by atoms with Crippen LogP contribution in [0.3, 0.4) is 0 Å². The van der Waals surface area contributed by atoms with Crippen LogP contribution < -0.4 is 5.32 Å². The molecule has 1 aromatic carbocycles. The van der Waals surface area contributed by atoms with Crippen LogP contribution in [0.4, 0.5) is 11.8 Å². The van der Waals surface area contributed by atoms with Gasteiger partial charge in [0.2, 0.25) is 5.95 Å². The van der Waals surface area contributed by atoms with Crippen LogP contribution in [0.1, 0.15) is 36.4 Å². The number of aryl methyl sites for hydroxylation is 1. The third kappa shape index (κ3) is 5.14. The second kappa shape index (κ2) is 9.42. The molecule has 5 heteroatoms. The molecular weight excluding hydrogens is 346 g/mol. The molecular formula is C23H27N5. The zero-order chi connectivity index (χ0) is 19.0. The van der Waals surface area contributed by atoms with E-state index in [4.69, 9.17) is 4.98 Å². The predicted molar refractivity (Wildman–Crippen MR) is 113 cm³/mol. The van der Waals surface area contributed by atoms with Gasteiger partial charge in [-0.3, -0.25) is 0 Å². The molecule has 0 aliphatic carbocycles. The van der Waals surface area contributed by atoms with E-state index in [1.165, 1.54) is 31.4 Å². The Labute approximate surface area is 166 Å². The van der Waals surface area contributed by atoms with Gasteiger partial charge in [-0.15, -0.1) is 0 Å². The molecule has 1 fully saturated rings. The number of nitrogens with zero attached hydrogens (tertiary/aromatic N) is 4. The second-order valence-corrected chi connectivity index (χ2v) is 7.37. The molecule has 1 aliphatic rings. The maximum Gasteiger partial charge on any atom is 0.228 e. The van der Waals surface area contributed by atoms with E-state index in [0.29, 0.717) is 11.9 Å². The van der Waals surface area contributed by atoms with E-state index >= 15 is 0 Å². The molecule has 1 N–H and O–H groups in total. The maximum absolute atomic E-state index is 4.77. The van der Waals surface area contributed by atoms with Crippen molar-refractivity contribution in [1.82, 2.24) is 19.9 Å². The van der Waals surface area contributed by atoms with Gasteiger partial charge in [-0.25, -0.2) is 15.0 Å². The second-order valence-electron chi connectivity index (χ2n) is 7.37. The quantitative estimate of drug-likeness (QED) is 0.664. The first-order valence-electron chi connectivity index (χ1n) is 10.1. The van der Waals surface area contributed by atoms with Gasteiger partial charge in [0, 0.05) is 24.9 Å². The predicted octanol–water partition coefficient (Wildman–Crippen LogP) is 4.43. The number of nitrogens with one attached hydrogen (secondary N) is 1. The lowest BCUT2D eigenvalue weighted by Crippen LogP contribution is -2.35. The molecule has 144 valence electrons. The third-order valence-electron chi connectivity index (χ3n) is 5.29. The lowest BCUT2D eigenvalue weighted by atomic mass is 9.94. The number of piperidine rings is 1. The molecule has 0 saturated carbocycles. The Bertz CT molecular complexity index is 853. The van der Waals surface area contributed by atoms with Crippen LogP contribution >= 0.6 is 0 Å². The Morgan fingerprint density at radius 2 is 1.86 bits per heavy atom. The van der Waals surface area contributed by atoms with Gasteiger partial charge in [-0.2, -0.15) is 0 Å². The highest BCUT2D eigenvalue weighted by molar-refractivity contribution is 5.46. The summed E-state index contributed by atoms with van der Waals surface area (Å²) in [4.78, 5) is 16.0. The van der Waals surface area contributed by atoms with Crippen molar-refractivity contribution in [2.75, 3.05) is 25.0 Å². The number of pyridine rings is 1. The molecule has 28 heavy (non-hydrogen) atoms. The number of hydrogen-bond donors (Lipinski definition) is 1. The van der Waals surface area contributed by atoms with Gasteiger partial charge in [0.1, 0.15) is 5.82 Å². The van der Waals surface area contributed by atoms with Crippen LogP contribution in [-0.4, -0.2) is 39.5 Å². The normalized spacial score (nSPS) is 17.4. The highest BCUT2D eigenvalue weighted by Crippen LogP contribution is 2.26. The summed E-state index contributed by atoms with van der Waals surface area (Å²) in [5.41, 5.74) is 2.55. The largest absolute Gasteiger partial charge is 0.309 e. The highest BCUT2D eigenvalue weighted by Gasteiger charge is 2.22. The summed E-state index contributed by atoms with van der Waals surface area (Å²) >= 11 is 0. The summed E-state index contributed by atoms with van der Waals surface area (Å²) in [6.07, 6.45) is 8.38. The summed E-state index contributed by atoms with van der Waals surface area (Å²) < 4.78 is 0. The van der Waals surface area contributed by atoms with E-state index in [1.54, 1.807) is 6.20 Å². The molecule has 1 saturated heterocycles. The minimum atomic E-state index is 0.470. The highest BCUT2D eigenvalue weighted by atomic mass is 15.2. The Hall–Kier alpha value is -2.79. The lowest BCUT2D eigenvalue weighted by molar-refractivity contribution is 0.204. The Morgan fingerprint density at radius 1 is 0.964 bits per heavy atom. The fraction of sp³-hybridized carbons (Fsp3) is 0.348. The molecule has 0 unspecified atom stereocenters. The van der Waals surface area contributed by atoms with Crippen molar-refractivity contribution < 1.29 is 0 Å². The van der Waals surface area contributed by atoms with Crippen LogP contribution in [0.15, 0.2) is 67.0 Å². The zero-order valence-corrected chi connectivity index (χ0v) is 16.2. The van der Waals surface area contributed by atoms with Crippen LogP contribution in [0.5, 0.6) is 0 Å². The van der Waals surface area contributed by atoms with Gasteiger partial charge in [0.25, 0.3) is 0 Å². The SMILES string of the molecule is c1ccc(CCCN2CCC[C@@H](c3ccnc(Nc4ccccn4)n3)C2)cc1. The van der Waals surface area contributed by atoms with Crippen molar-refractivity contribution in [3.8, 4) is 0 Å². The molecule has 1 aliphatic heterocycles. The van der Waals surface area contributed by atoms with E-state index in [-0.39, 0.29) is 0 Å². The van der Waals surface area contributed by atoms with Crippen molar-refractivity contribution in [1.29, 1.82) is 0 Å². The number of hydrogen-bond acceptors (Lipinski definition) is 5. The summed E-state index contributed by atoms with van der Waals surface area (Å²) in [6.45, 7) is 3.42. The van der Waals surface area contributed by atoms with Gasteiger partial charge in [0.15, 0.2) is 0 Å². The van der Waals surface area contributed by atoms with E-state index in [2.05, 4.69) is 56.6 Å². The van der Waals surface area contributed by atoms with Crippen molar-refractivity contribution in [2.24, 2.45) is 0 Å². The molecule has 2 aromatic heterocycles. The van der Waals surface area contributed by atoms with Crippen LogP contribution in [0, 0.1) is 0 Å². The smallest absolute Gasteiger partial charge is 0.228 e. The maximum atomic E-state index is 4.77. The zero-order valence-electron chi connectivity index (χ0n) is 16.2. The van der Waals surface area contributed by atoms with E-state index < -0.39 is 0 Å². The lowest BCUT2D eigenvalue weighted by Gasteiger charge is -2.32. The molecule has 5 nitrogen and oxygen atoms in total.